The Hall–Kier alpha value is -2.63. The van der Waals surface area contributed by atoms with Crippen LogP contribution >= 0.6 is 0 Å². The van der Waals surface area contributed by atoms with E-state index >= 15 is 0 Å². The number of ether oxygens (including phenoxy) is 2. The van der Waals surface area contributed by atoms with Crippen molar-refractivity contribution in [3.63, 3.8) is 0 Å². The summed E-state index contributed by atoms with van der Waals surface area (Å²) in [4.78, 5) is 19.9. The van der Waals surface area contributed by atoms with Crippen LogP contribution in [0, 0.1) is 13.8 Å². The molecule has 2 aromatic rings. The molecule has 0 fully saturated rings. The number of carbonyl (C=O) groups excluding carboxylic acids is 1. The van der Waals surface area contributed by atoms with Crippen LogP contribution in [0.3, 0.4) is 0 Å². The Balaban J connectivity index is 1.81. The van der Waals surface area contributed by atoms with E-state index in [1.807, 2.05) is 32.9 Å². The summed E-state index contributed by atoms with van der Waals surface area (Å²) in [5.74, 6) is 0.911. The minimum Gasteiger partial charge on any atom is -0.492 e. The Kier molecular flexibility index (Phi) is 5.91. The predicted molar refractivity (Wildman–Crippen MR) is 86.9 cm³/mol. The fourth-order valence-corrected chi connectivity index (χ4v) is 2.13. The second-order valence-electron chi connectivity index (χ2n) is 5.10. The first-order chi connectivity index (χ1) is 11.1. The molecule has 0 saturated heterocycles. The van der Waals surface area contributed by atoms with Crippen molar-refractivity contribution in [2.45, 2.75) is 20.8 Å². The van der Waals surface area contributed by atoms with Crippen LogP contribution in [0.2, 0.25) is 0 Å². The van der Waals surface area contributed by atoms with Gasteiger partial charge in [0.1, 0.15) is 24.4 Å². The minimum absolute atomic E-state index is 0.273. The van der Waals surface area contributed by atoms with Gasteiger partial charge in [0.2, 0.25) is 5.88 Å². The molecular formula is C17H21N3O3. The second-order valence-corrected chi connectivity index (χ2v) is 5.10. The number of nitrogens with zero attached hydrogens (tertiary/aromatic N) is 2. The average molecular weight is 315 g/mol. The maximum atomic E-state index is 12.0. The van der Waals surface area contributed by atoms with Crippen molar-refractivity contribution in [3.8, 4) is 11.6 Å². The lowest BCUT2D eigenvalue weighted by Crippen LogP contribution is -2.28. The minimum atomic E-state index is -0.280. The van der Waals surface area contributed by atoms with Crippen LogP contribution in [0.15, 0.2) is 30.6 Å². The van der Waals surface area contributed by atoms with Crippen molar-refractivity contribution in [3.05, 3.63) is 47.4 Å². The van der Waals surface area contributed by atoms with Crippen LogP contribution in [-0.2, 0) is 0 Å². The molecule has 0 aliphatic carbocycles. The molecule has 0 spiro atoms. The molecule has 2 rings (SSSR count). The van der Waals surface area contributed by atoms with Gasteiger partial charge in [-0.3, -0.25) is 4.79 Å². The van der Waals surface area contributed by atoms with E-state index in [0.717, 1.165) is 16.9 Å². The SMILES string of the molecule is CCOc1cc(C(=O)NCCOc2cc(C)cc(C)c2)ncn1. The lowest BCUT2D eigenvalue weighted by atomic mass is 10.1. The molecule has 0 saturated carbocycles. The highest BCUT2D eigenvalue weighted by atomic mass is 16.5. The van der Waals surface area contributed by atoms with Crippen molar-refractivity contribution >= 4 is 5.91 Å². The Bertz CT molecular complexity index is 654. The number of aryl methyl sites for hydroxylation is 2. The highest BCUT2D eigenvalue weighted by Gasteiger charge is 2.08. The number of nitrogens with one attached hydrogen (secondary N) is 1. The summed E-state index contributed by atoms with van der Waals surface area (Å²) in [7, 11) is 0. The zero-order valence-electron chi connectivity index (χ0n) is 13.6. The largest absolute Gasteiger partial charge is 0.492 e. The highest BCUT2D eigenvalue weighted by Crippen LogP contribution is 2.15. The third-order valence-electron chi connectivity index (χ3n) is 3.02. The molecule has 0 bridgehead atoms. The second kappa shape index (κ2) is 8.12. The van der Waals surface area contributed by atoms with E-state index in [9.17, 15) is 4.79 Å². The van der Waals surface area contributed by atoms with E-state index in [1.54, 1.807) is 0 Å². The molecule has 6 heteroatoms. The highest BCUT2D eigenvalue weighted by molar-refractivity contribution is 5.92. The smallest absolute Gasteiger partial charge is 0.270 e. The quantitative estimate of drug-likeness (QED) is 0.794. The molecule has 1 heterocycles. The van der Waals surface area contributed by atoms with Crippen LogP contribution in [-0.4, -0.2) is 35.6 Å². The lowest BCUT2D eigenvalue weighted by Gasteiger charge is -2.09. The van der Waals surface area contributed by atoms with Gasteiger partial charge >= 0.3 is 0 Å². The van der Waals surface area contributed by atoms with Crippen molar-refractivity contribution in [2.24, 2.45) is 0 Å². The fourth-order valence-electron chi connectivity index (χ4n) is 2.13. The Morgan fingerprint density at radius 3 is 2.52 bits per heavy atom. The van der Waals surface area contributed by atoms with Crippen molar-refractivity contribution < 1.29 is 14.3 Å². The van der Waals surface area contributed by atoms with Gasteiger partial charge in [0.15, 0.2) is 0 Å². The van der Waals surface area contributed by atoms with Gasteiger partial charge in [0, 0.05) is 6.07 Å². The predicted octanol–water partition coefficient (Wildman–Crippen LogP) is 2.30. The molecule has 6 nitrogen and oxygen atoms in total. The molecule has 23 heavy (non-hydrogen) atoms. The van der Waals surface area contributed by atoms with Crippen LogP contribution < -0.4 is 14.8 Å². The zero-order valence-corrected chi connectivity index (χ0v) is 13.6. The monoisotopic (exact) mass is 315 g/mol. The normalized spacial score (nSPS) is 10.2. The summed E-state index contributed by atoms with van der Waals surface area (Å²) in [5, 5.41) is 2.76. The molecule has 0 aliphatic heterocycles. The lowest BCUT2D eigenvalue weighted by molar-refractivity contribution is 0.0941. The van der Waals surface area contributed by atoms with Gasteiger partial charge in [-0.25, -0.2) is 9.97 Å². The molecule has 0 aliphatic rings. The van der Waals surface area contributed by atoms with Crippen molar-refractivity contribution in [1.82, 2.24) is 15.3 Å². The number of aromatic nitrogens is 2. The van der Waals surface area contributed by atoms with Crippen LogP contribution in [0.25, 0.3) is 0 Å². The first-order valence-electron chi connectivity index (χ1n) is 7.52. The van der Waals surface area contributed by atoms with Crippen LogP contribution in [0.1, 0.15) is 28.5 Å². The first-order valence-corrected chi connectivity index (χ1v) is 7.52. The summed E-state index contributed by atoms with van der Waals surface area (Å²) in [6.07, 6.45) is 1.31. The number of rotatable bonds is 7. The van der Waals surface area contributed by atoms with Gasteiger partial charge in [-0.15, -0.1) is 0 Å². The van der Waals surface area contributed by atoms with E-state index in [4.69, 9.17) is 9.47 Å². The van der Waals surface area contributed by atoms with Gasteiger partial charge in [0.25, 0.3) is 5.91 Å². The third kappa shape index (κ3) is 5.25. The molecule has 0 atom stereocenters. The Labute approximate surface area is 135 Å². The molecule has 0 unspecified atom stereocenters. The molecule has 1 amide bonds. The van der Waals surface area contributed by atoms with E-state index in [-0.39, 0.29) is 11.6 Å². The summed E-state index contributed by atoms with van der Waals surface area (Å²) >= 11 is 0. The fraction of sp³-hybridized carbons (Fsp3) is 0.353. The number of carbonyl (C=O) groups is 1. The van der Waals surface area contributed by atoms with E-state index < -0.39 is 0 Å². The van der Waals surface area contributed by atoms with Crippen molar-refractivity contribution in [1.29, 1.82) is 0 Å². The number of benzene rings is 1. The third-order valence-corrected chi connectivity index (χ3v) is 3.02. The molecule has 1 aromatic carbocycles. The molecule has 1 N–H and O–H groups in total. The topological polar surface area (TPSA) is 73.3 Å². The molecule has 0 radical (unpaired) electrons. The molecule has 1 aromatic heterocycles. The molecule has 122 valence electrons. The Morgan fingerprint density at radius 1 is 1.09 bits per heavy atom. The average Bonchev–Trinajstić information content (AvgIpc) is 2.51. The van der Waals surface area contributed by atoms with E-state index in [1.165, 1.54) is 12.4 Å². The van der Waals surface area contributed by atoms with Crippen LogP contribution in [0.4, 0.5) is 0 Å². The molecular weight excluding hydrogens is 294 g/mol. The summed E-state index contributed by atoms with van der Waals surface area (Å²) in [5.41, 5.74) is 2.57. The van der Waals surface area contributed by atoms with Gasteiger partial charge in [-0.05, 0) is 44.0 Å². The maximum Gasteiger partial charge on any atom is 0.270 e. The van der Waals surface area contributed by atoms with Crippen LogP contribution in [0.5, 0.6) is 11.6 Å². The summed E-state index contributed by atoms with van der Waals surface area (Å²) < 4.78 is 10.9. The van der Waals surface area contributed by atoms with Crippen molar-refractivity contribution in [2.75, 3.05) is 19.8 Å². The van der Waals surface area contributed by atoms with Gasteiger partial charge in [-0.2, -0.15) is 0 Å². The standard InChI is InChI=1S/C17H21N3O3/c1-4-22-16-10-15(19-11-20-16)17(21)18-5-6-23-14-8-12(2)7-13(3)9-14/h7-11H,4-6H2,1-3H3,(H,18,21). The van der Waals surface area contributed by atoms with E-state index in [0.29, 0.717) is 25.6 Å². The number of hydrogen-bond donors (Lipinski definition) is 1. The van der Waals surface area contributed by atoms with Gasteiger partial charge in [0.05, 0.1) is 13.2 Å². The first kappa shape index (κ1) is 16.7. The number of hydrogen-bond acceptors (Lipinski definition) is 5. The number of amides is 1. The zero-order chi connectivity index (χ0) is 16.7. The van der Waals surface area contributed by atoms with Gasteiger partial charge < -0.3 is 14.8 Å². The Morgan fingerprint density at radius 2 is 1.83 bits per heavy atom. The maximum absolute atomic E-state index is 12.0. The van der Waals surface area contributed by atoms with Gasteiger partial charge in [-0.1, -0.05) is 6.07 Å². The summed E-state index contributed by atoms with van der Waals surface area (Å²) in [6, 6.07) is 7.53. The van der Waals surface area contributed by atoms with E-state index in [2.05, 4.69) is 21.4 Å². The summed E-state index contributed by atoms with van der Waals surface area (Å²) in [6.45, 7) is 7.16.